The third kappa shape index (κ3) is 2.47. The molecule has 4 nitrogen and oxygen atoms in total. The second-order valence-corrected chi connectivity index (χ2v) is 7.52. The minimum Gasteiger partial charge on any atom is -0.340 e. The number of hydrogen-bond acceptors (Lipinski definition) is 2. The van der Waals surface area contributed by atoms with Crippen molar-refractivity contribution in [3.8, 4) is 0 Å². The predicted molar refractivity (Wildman–Crippen MR) is 81.6 cm³/mol. The van der Waals surface area contributed by atoms with Crippen molar-refractivity contribution < 1.29 is 9.59 Å². The first kappa shape index (κ1) is 14.9. The van der Waals surface area contributed by atoms with Crippen LogP contribution in [0.1, 0.15) is 59.3 Å². The molecule has 118 valence electrons. The summed E-state index contributed by atoms with van der Waals surface area (Å²) < 4.78 is 0. The third-order valence-corrected chi connectivity index (χ3v) is 6.02. The highest BCUT2D eigenvalue weighted by molar-refractivity contribution is 6.00. The van der Waals surface area contributed by atoms with Crippen LogP contribution < -0.4 is 5.32 Å². The van der Waals surface area contributed by atoms with Crippen LogP contribution in [0.3, 0.4) is 0 Å². The van der Waals surface area contributed by atoms with Crippen LogP contribution in [-0.2, 0) is 9.59 Å². The number of carbonyl (C=O) groups excluding carboxylic acids is 2. The molecule has 4 atom stereocenters. The van der Waals surface area contributed by atoms with Crippen LogP contribution >= 0.6 is 0 Å². The zero-order valence-corrected chi connectivity index (χ0v) is 13.5. The lowest BCUT2D eigenvalue weighted by Gasteiger charge is -2.45. The molecule has 1 saturated heterocycles. The van der Waals surface area contributed by atoms with E-state index in [2.05, 4.69) is 12.2 Å². The van der Waals surface area contributed by atoms with Gasteiger partial charge in [0.25, 0.3) is 0 Å². The topological polar surface area (TPSA) is 49.4 Å². The molecule has 2 aliphatic carbocycles. The van der Waals surface area contributed by atoms with E-state index in [-0.39, 0.29) is 17.9 Å². The third-order valence-electron chi connectivity index (χ3n) is 6.02. The Balaban J connectivity index is 1.82. The molecule has 4 unspecified atom stereocenters. The molecule has 1 heterocycles. The predicted octanol–water partition coefficient (Wildman–Crippen LogP) is 2.33. The van der Waals surface area contributed by atoms with Crippen molar-refractivity contribution in [3.63, 3.8) is 0 Å². The first-order valence-corrected chi connectivity index (χ1v) is 8.60. The molecule has 2 amide bonds. The van der Waals surface area contributed by atoms with Crippen molar-refractivity contribution in [2.24, 2.45) is 17.8 Å². The van der Waals surface area contributed by atoms with E-state index in [1.54, 1.807) is 0 Å². The van der Waals surface area contributed by atoms with Crippen LogP contribution in [0.2, 0.25) is 0 Å². The summed E-state index contributed by atoms with van der Waals surface area (Å²) in [5, 5.41) is 3.04. The summed E-state index contributed by atoms with van der Waals surface area (Å²) in [5.41, 5.74) is -0.648. The van der Waals surface area contributed by atoms with Crippen molar-refractivity contribution in [3.05, 3.63) is 0 Å². The van der Waals surface area contributed by atoms with Gasteiger partial charge >= 0.3 is 0 Å². The maximum absolute atomic E-state index is 13.0. The molecule has 3 rings (SSSR count). The lowest BCUT2D eigenvalue weighted by atomic mass is 9.87. The highest BCUT2D eigenvalue weighted by Gasteiger charge is 2.55. The van der Waals surface area contributed by atoms with Crippen molar-refractivity contribution >= 4 is 11.8 Å². The van der Waals surface area contributed by atoms with Crippen molar-refractivity contribution in [2.75, 3.05) is 6.54 Å². The Bertz CT molecular complexity index is 446. The molecule has 0 radical (unpaired) electrons. The van der Waals surface area contributed by atoms with Gasteiger partial charge in [0.1, 0.15) is 11.6 Å². The summed E-state index contributed by atoms with van der Waals surface area (Å²) >= 11 is 0. The van der Waals surface area contributed by atoms with Crippen LogP contribution in [0.25, 0.3) is 0 Å². The fourth-order valence-electron chi connectivity index (χ4n) is 4.27. The van der Waals surface area contributed by atoms with Gasteiger partial charge in [-0.05, 0) is 50.4 Å². The molecule has 1 aliphatic heterocycles. The Hall–Kier alpha value is -1.06. The summed E-state index contributed by atoms with van der Waals surface area (Å²) in [4.78, 5) is 27.4. The molecule has 0 bridgehead atoms. The van der Waals surface area contributed by atoms with E-state index >= 15 is 0 Å². The summed E-state index contributed by atoms with van der Waals surface area (Å²) in [6.45, 7) is 6.99. The lowest BCUT2D eigenvalue weighted by molar-refractivity contribution is -0.156. The minimum absolute atomic E-state index is 0.0529. The van der Waals surface area contributed by atoms with E-state index < -0.39 is 5.54 Å². The maximum Gasteiger partial charge on any atom is 0.249 e. The Morgan fingerprint density at radius 2 is 1.95 bits per heavy atom. The van der Waals surface area contributed by atoms with Crippen molar-refractivity contribution in [2.45, 2.75) is 70.9 Å². The molecule has 4 heteroatoms. The fourth-order valence-corrected chi connectivity index (χ4v) is 4.27. The van der Waals surface area contributed by atoms with Gasteiger partial charge in [-0.2, -0.15) is 0 Å². The normalized spacial score (nSPS) is 40.5. The zero-order valence-electron chi connectivity index (χ0n) is 13.5. The molecular formula is C17H28N2O2. The van der Waals surface area contributed by atoms with Gasteiger partial charge < -0.3 is 10.2 Å². The first-order chi connectivity index (χ1) is 9.97. The van der Waals surface area contributed by atoms with Gasteiger partial charge in [-0.15, -0.1) is 0 Å². The highest BCUT2D eigenvalue weighted by Crippen LogP contribution is 2.43. The Labute approximate surface area is 127 Å². The quantitative estimate of drug-likeness (QED) is 0.864. The van der Waals surface area contributed by atoms with Gasteiger partial charge in [0, 0.05) is 6.54 Å². The van der Waals surface area contributed by atoms with E-state index in [0.29, 0.717) is 24.2 Å². The number of nitrogens with zero attached hydrogens (tertiary/aromatic N) is 1. The standard InChI is InChI=1S/C17H28N2O2/c1-4-14-15(20)18-17(3,13-8-9-13)16(21)19(14)10-12-7-5-6-11(12)2/h11-14H,4-10H2,1-3H3,(H,18,20). The van der Waals surface area contributed by atoms with Gasteiger partial charge in [0.15, 0.2) is 0 Å². The first-order valence-electron chi connectivity index (χ1n) is 8.60. The summed E-state index contributed by atoms with van der Waals surface area (Å²) in [7, 11) is 0. The van der Waals surface area contributed by atoms with E-state index in [0.717, 1.165) is 19.4 Å². The summed E-state index contributed by atoms with van der Waals surface area (Å²) in [5.74, 6) is 1.80. The second kappa shape index (κ2) is 5.29. The molecular weight excluding hydrogens is 264 g/mol. The average molecular weight is 292 g/mol. The maximum atomic E-state index is 13.0. The smallest absolute Gasteiger partial charge is 0.249 e. The highest BCUT2D eigenvalue weighted by atomic mass is 16.2. The fraction of sp³-hybridized carbons (Fsp3) is 0.882. The molecule has 0 spiro atoms. The largest absolute Gasteiger partial charge is 0.340 e. The molecule has 0 aromatic rings. The minimum atomic E-state index is -0.648. The Morgan fingerprint density at radius 1 is 1.24 bits per heavy atom. The van der Waals surface area contributed by atoms with E-state index in [9.17, 15) is 9.59 Å². The van der Waals surface area contributed by atoms with Gasteiger partial charge in [-0.25, -0.2) is 0 Å². The summed E-state index contributed by atoms with van der Waals surface area (Å²) in [6.07, 6.45) is 6.55. The van der Waals surface area contributed by atoms with Gasteiger partial charge in [0.05, 0.1) is 0 Å². The number of hydrogen-bond donors (Lipinski definition) is 1. The Kier molecular flexibility index (Phi) is 3.74. The van der Waals surface area contributed by atoms with Gasteiger partial charge in [0.2, 0.25) is 11.8 Å². The van der Waals surface area contributed by atoms with Crippen LogP contribution in [0, 0.1) is 17.8 Å². The Morgan fingerprint density at radius 3 is 2.48 bits per heavy atom. The number of amides is 2. The molecule has 2 saturated carbocycles. The van der Waals surface area contributed by atoms with E-state index in [1.165, 1.54) is 19.3 Å². The van der Waals surface area contributed by atoms with Gasteiger partial charge in [-0.1, -0.05) is 26.7 Å². The molecule has 21 heavy (non-hydrogen) atoms. The van der Waals surface area contributed by atoms with Crippen LogP contribution in [0.5, 0.6) is 0 Å². The molecule has 0 aromatic carbocycles. The van der Waals surface area contributed by atoms with Gasteiger partial charge in [-0.3, -0.25) is 9.59 Å². The van der Waals surface area contributed by atoms with Crippen LogP contribution in [-0.4, -0.2) is 34.8 Å². The SMILES string of the molecule is CCC1C(=O)NC(C)(C2CC2)C(=O)N1CC1CCCC1C. The van der Waals surface area contributed by atoms with E-state index in [4.69, 9.17) is 0 Å². The lowest BCUT2D eigenvalue weighted by Crippen LogP contribution is -2.70. The molecule has 3 aliphatic rings. The summed E-state index contributed by atoms with van der Waals surface area (Å²) in [6, 6.07) is -0.267. The van der Waals surface area contributed by atoms with Crippen molar-refractivity contribution in [1.29, 1.82) is 0 Å². The van der Waals surface area contributed by atoms with Crippen molar-refractivity contribution in [1.82, 2.24) is 10.2 Å². The zero-order chi connectivity index (χ0) is 15.2. The van der Waals surface area contributed by atoms with Crippen LogP contribution in [0.4, 0.5) is 0 Å². The molecule has 3 fully saturated rings. The average Bonchev–Trinajstić information content (AvgIpc) is 3.22. The molecule has 1 N–H and O–H groups in total. The number of nitrogens with one attached hydrogen (secondary N) is 1. The number of carbonyl (C=O) groups is 2. The van der Waals surface area contributed by atoms with Crippen LogP contribution in [0.15, 0.2) is 0 Å². The monoisotopic (exact) mass is 292 g/mol. The number of rotatable bonds is 4. The van der Waals surface area contributed by atoms with E-state index in [1.807, 2.05) is 18.7 Å². The molecule has 0 aromatic heterocycles. The number of piperazine rings is 1. The second-order valence-electron chi connectivity index (χ2n) is 7.52.